The summed E-state index contributed by atoms with van der Waals surface area (Å²) in [6.07, 6.45) is 9.17. The second kappa shape index (κ2) is 10.8. The van der Waals surface area contributed by atoms with Crippen molar-refractivity contribution < 1.29 is 0 Å². The molecule has 1 aromatic heterocycles. The minimum atomic E-state index is 0.828. The number of hydrogen-bond donors (Lipinski definition) is 2. The van der Waals surface area contributed by atoms with Crippen LogP contribution in [0.1, 0.15) is 59.3 Å². The molecule has 2 N–H and O–H groups in total. The van der Waals surface area contributed by atoms with Crippen molar-refractivity contribution >= 4 is 27.6 Å². The van der Waals surface area contributed by atoms with Crippen molar-refractivity contribution in [1.82, 2.24) is 9.97 Å². The van der Waals surface area contributed by atoms with Gasteiger partial charge in [0.05, 0.1) is 0 Å². The van der Waals surface area contributed by atoms with Crippen molar-refractivity contribution in [3.05, 3.63) is 10.8 Å². The van der Waals surface area contributed by atoms with Crippen molar-refractivity contribution in [2.75, 3.05) is 23.7 Å². The average molecular weight is 357 g/mol. The largest absolute Gasteiger partial charge is 0.369 e. The highest BCUT2D eigenvalue weighted by atomic mass is 79.9. The number of anilines is 2. The molecule has 0 saturated carbocycles. The second-order valence-corrected chi connectivity index (χ2v) is 6.63. The Kier molecular flexibility index (Phi) is 9.39. The van der Waals surface area contributed by atoms with Crippen LogP contribution in [0.15, 0.2) is 10.8 Å². The van der Waals surface area contributed by atoms with Crippen LogP contribution in [0.4, 0.5) is 11.6 Å². The van der Waals surface area contributed by atoms with Crippen molar-refractivity contribution in [3.63, 3.8) is 0 Å². The van der Waals surface area contributed by atoms with E-state index in [1.807, 2.05) is 0 Å². The van der Waals surface area contributed by atoms with E-state index in [4.69, 9.17) is 0 Å². The van der Waals surface area contributed by atoms with Crippen molar-refractivity contribution in [2.45, 2.75) is 59.3 Å². The molecule has 0 radical (unpaired) electrons. The van der Waals surface area contributed by atoms with Crippen LogP contribution >= 0.6 is 15.9 Å². The smallest absolute Gasteiger partial charge is 0.145 e. The molecule has 0 unspecified atom stereocenters. The molecule has 4 nitrogen and oxygen atoms in total. The topological polar surface area (TPSA) is 49.8 Å². The zero-order valence-electron chi connectivity index (χ0n) is 13.6. The first-order valence-corrected chi connectivity index (χ1v) is 8.92. The summed E-state index contributed by atoms with van der Waals surface area (Å²) in [4.78, 5) is 8.55. The van der Waals surface area contributed by atoms with Crippen LogP contribution in [-0.2, 0) is 0 Å². The summed E-state index contributed by atoms with van der Waals surface area (Å²) in [6, 6.07) is 0. The maximum atomic E-state index is 4.30. The Morgan fingerprint density at radius 3 is 2.24 bits per heavy atom. The lowest BCUT2D eigenvalue weighted by Gasteiger charge is -2.11. The molecule has 1 heterocycles. The SMILES string of the molecule is CCCNc1ncnc(NCCCCCCC(C)C)c1Br. The Bertz CT molecular complexity index is 396. The Hall–Kier alpha value is -0.840. The van der Waals surface area contributed by atoms with Gasteiger partial charge in [-0.2, -0.15) is 0 Å². The van der Waals surface area contributed by atoms with E-state index in [-0.39, 0.29) is 0 Å². The van der Waals surface area contributed by atoms with Crippen molar-refractivity contribution in [2.24, 2.45) is 5.92 Å². The lowest BCUT2D eigenvalue weighted by Crippen LogP contribution is -2.08. The average Bonchev–Trinajstić information content (AvgIpc) is 2.46. The summed E-state index contributed by atoms with van der Waals surface area (Å²) in [6.45, 7) is 8.60. The van der Waals surface area contributed by atoms with E-state index in [1.54, 1.807) is 6.33 Å². The molecule has 0 atom stereocenters. The number of aromatic nitrogens is 2. The lowest BCUT2D eigenvalue weighted by molar-refractivity contribution is 0.523. The third kappa shape index (κ3) is 7.65. The molecule has 0 fully saturated rings. The van der Waals surface area contributed by atoms with Crippen molar-refractivity contribution in [1.29, 1.82) is 0 Å². The summed E-state index contributed by atoms with van der Waals surface area (Å²) in [7, 11) is 0. The van der Waals surface area contributed by atoms with Crippen LogP contribution in [0.3, 0.4) is 0 Å². The maximum Gasteiger partial charge on any atom is 0.145 e. The highest BCUT2D eigenvalue weighted by Crippen LogP contribution is 2.26. The number of nitrogens with one attached hydrogen (secondary N) is 2. The Balaban J connectivity index is 2.25. The highest BCUT2D eigenvalue weighted by molar-refractivity contribution is 9.10. The van der Waals surface area contributed by atoms with E-state index in [0.29, 0.717) is 0 Å². The van der Waals surface area contributed by atoms with Gasteiger partial charge in [-0.15, -0.1) is 0 Å². The molecule has 1 rings (SSSR count). The molecule has 0 amide bonds. The van der Waals surface area contributed by atoms with Crippen LogP contribution in [-0.4, -0.2) is 23.1 Å². The third-order valence-corrected chi connectivity index (χ3v) is 4.08. The molecule has 0 bridgehead atoms. The maximum absolute atomic E-state index is 4.30. The van der Waals surface area contributed by atoms with Crippen LogP contribution < -0.4 is 10.6 Å². The standard InChI is InChI=1S/C16H29BrN4/c1-4-10-18-15-14(17)16(21-12-20-15)19-11-8-6-5-7-9-13(2)3/h12-13H,4-11H2,1-3H3,(H2,18,19,20,21). The van der Waals surface area contributed by atoms with Gasteiger partial charge in [0, 0.05) is 13.1 Å². The first kappa shape index (κ1) is 18.2. The first-order valence-electron chi connectivity index (χ1n) is 8.13. The number of halogens is 1. The van der Waals surface area contributed by atoms with Crippen LogP contribution in [0.5, 0.6) is 0 Å². The molecule has 0 saturated heterocycles. The van der Waals surface area contributed by atoms with E-state index < -0.39 is 0 Å². The Labute approximate surface area is 137 Å². The first-order chi connectivity index (χ1) is 10.1. The Morgan fingerprint density at radius 2 is 1.62 bits per heavy atom. The summed E-state index contributed by atoms with van der Waals surface area (Å²) in [5.41, 5.74) is 0. The summed E-state index contributed by atoms with van der Waals surface area (Å²) >= 11 is 3.57. The molecule has 0 aliphatic rings. The third-order valence-electron chi connectivity index (χ3n) is 3.33. The molecular formula is C16H29BrN4. The molecule has 1 aromatic rings. The fraction of sp³-hybridized carbons (Fsp3) is 0.750. The van der Waals surface area contributed by atoms with Gasteiger partial charge in [0.1, 0.15) is 22.4 Å². The minimum Gasteiger partial charge on any atom is -0.369 e. The zero-order chi connectivity index (χ0) is 15.5. The fourth-order valence-corrected chi connectivity index (χ4v) is 2.58. The van der Waals surface area contributed by atoms with Gasteiger partial charge in [0.2, 0.25) is 0 Å². The number of nitrogens with zero attached hydrogens (tertiary/aromatic N) is 2. The van der Waals surface area contributed by atoms with E-state index in [9.17, 15) is 0 Å². The zero-order valence-corrected chi connectivity index (χ0v) is 15.2. The monoisotopic (exact) mass is 356 g/mol. The van der Waals surface area contributed by atoms with Gasteiger partial charge in [0.15, 0.2) is 0 Å². The molecule has 120 valence electrons. The van der Waals surface area contributed by atoms with Gasteiger partial charge < -0.3 is 10.6 Å². The highest BCUT2D eigenvalue weighted by Gasteiger charge is 2.07. The van der Waals surface area contributed by atoms with Crippen LogP contribution in [0.25, 0.3) is 0 Å². The van der Waals surface area contributed by atoms with Gasteiger partial charge >= 0.3 is 0 Å². The van der Waals surface area contributed by atoms with Gasteiger partial charge in [-0.05, 0) is 34.7 Å². The number of hydrogen-bond acceptors (Lipinski definition) is 4. The fourth-order valence-electron chi connectivity index (χ4n) is 2.10. The van der Waals surface area contributed by atoms with Gasteiger partial charge in [-0.25, -0.2) is 9.97 Å². The predicted octanol–water partition coefficient (Wildman–Crippen LogP) is 5.08. The molecule has 0 aliphatic carbocycles. The molecular weight excluding hydrogens is 328 g/mol. The molecule has 21 heavy (non-hydrogen) atoms. The molecule has 0 aliphatic heterocycles. The minimum absolute atomic E-state index is 0.828. The van der Waals surface area contributed by atoms with Crippen LogP contribution in [0, 0.1) is 5.92 Å². The van der Waals surface area contributed by atoms with E-state index in [1.165, 1.54) is 32.1 Å². The summed E-state index contributed by atoms with van der Waals surface area (Å²) < 4.78 is 0.929. The van der Waals surface area contributed by atoms with E-state index in [0.717, 1.165) is 41.5 Å². The second-order valence-electron chi connectivity index (χ2n) is 5.84. The van der Waals surface area contributed by atoms with E-state index in [2.05, 4.69) is 57.3 Å². The Morgan fingerprint density at radius 1 is 1.00 bits per heavy atom. The van der Waals surface area contributed by atoms with Crippen LogP contribution in [0.2, 0.25) is 0 Å². The normalized spacial score (nSPS) is 10.9. The summed E-state index contributed by atoms with van der Waals surface area (Å²) in [5, 5.41) is 6.69. The predicted molar refractivity (Wildman–Crippen MR) is 94.9 cm³/mol. The van der Waals surface area contributed by atoms with Gasteiger partial charge in [0.25, 0.3) is 0 Å². The molecule has 5 heteroatoms. The number of rotatable bonds is 11. The van der Waals surface area contributed by atoms with Gasteiger partial charge in [-0.3, -0.25) is 0 Å². The quantitative estimate of drug-likeness (QED) is 0.542. The number of unbranched alkanes of at least 4 members (excludes halogenated alkanes) is 3. The summed E-state index contributed by atoms with van der Waals surface area (Å²) in [5.74, 6) is 2.58. The van der Waals surface area contributed by atoms with E-state index >= 15 is 0 Å². The lowest BCUT2D eigenvalue weighted by atomic mass is 10.0. The molecule has 0 spiro atoms. The van der Waals surface area contributed by atoms with Crippen molar-refractivity contribution in [3.8, 4) is 0 Å². The molecule has 0 aromatic carbocycles. The van der Waals surface area contributed by atoms with Gasteiger partial charge in [-0.1, -0.05) is 46.5 Å².